The van der Waals surface area contributed by atoms with E-state index in [1.807, 2.05) is 6.07 Å². The minimum absolute atomic E-state index is 0. The van der Waals surface area contributed by atoms with Crippen molar-refractivity contribution in [3.63, 3.8) is 0 Å². The van der Waals surface area contributed by atoms with Gasteiger partial charge in [-0.25, -0.2) is 0 Å². The van der Waals surface area contributed by atoms with Crippen LogP contribution in [0.2, 0.25) is 0 Å². The quantitative estimate of drug-likeness (QED) is 0.469. The van der Waals surface area contributed by atoms with E-state index in [9.17, 15) is 0 Å². The van der Waals surface area contributed by atoms with Crippen molar-refractivity contribution in [1.82, 2.24) is 0 Å². The Hall–Kier alpha value is 0.215. The van der Waals surface area contributed by atoms with Gasteiger partial charge in [-0.3, -0.25) is 0 Å². The Labute approximate surface area is 78.8 Å². The summed E-state index contributed by atoms with van der Waals surface area (Å²) in [6.45, 7) is 0. The number of phenols is 1. The second-order valence-corrected chi connectivity index (χ2v) is 1.34. The average molecular weight is 110 g/mol. The topological polar surface area (TPSA) is 20.2 Å². The van der Waals surface area contributed by atoms with Gasteiger partial charge >= 0.3 is 37.7 Å². The van der Waals surface area contributed by atoms with Crippen LogP contribution in [0.5, 0.6) is 5.75 Å². The van der Waals surface area contributed by atoms with Crippen LogP contribution >= 0.6 is 0 Å². The molecule has 0 unspecified atom stereocenters. The molecule has 0 spiro atoms. The molecule has 0 aliphatic rings. The SMILES string of the molecule is Oc1ccccc1.[LiH].[LiH]. The van der Waals surface area contributed by atoms with Crippen LogP contribution in [0.25, 0.3) is 0 Å². The van der Waals surface area contributed by atoms with Crippen LogP contribution in [0.4, 0.5) is 0 Å². The monoisotopic (exact) mass is 110 g/mol. The van der Waals surface area contributed by atoms with Crippen molar-refractivity contribution in [2.24, 2.45) is 0 Å². The Kier molecular flexibility index (Phi) is 8.41. The third-order valence-electron chi connectivity index (χ3n) is 0.756. The molecule has 1 aromatic carbocycles. The van der Waals surface area contributed by atoms with E-state index in [4.69, 9.17) is 5.11 Å². The molecule has 0 saturated heterocycles. The molecule has 0 atom stereocenters. The Morgan fingerprint density at radius 2 is 1.33 bits per heavy atom. The molecule has 0 aliphatic heterocycles. The zero-order valence-corrected chi connectivity index (χ0v) is 3.83. The van der Waals surface area contributed by atoms with Gasteiger partial charge in [-0.2, -0.15) is 0 Å². The third-order valence-corrected chi connectivity index (χ3v) is 0.756. The van der Waals surface area contributed by atoms with Gasteiger partial charge in [0.05, 0.1) is 0 Å². The summed E-state index contributed by atoms with van der Waals surface area (Å²) in [5.41, 5.74) is 0. The van der Waals surface area contributed by atoms with E-state index in [1.165, 1.54) is 0 Å². The number of aromatic hydroxyl groups is 1. The summed E-state index contributed by atoms with van der Waals surface area (Å²) in [6, 6.07) is 8.71. The van der Waals surface area contributed by atoms with Gasteiger partial charge in [-0.1, -0.05) is 18.2 Å². The number of para-hydroxylation sites is 1. The molecule has 40 valence electrons. The summed E-state index contributed by atoms with van der Waals surface area (Å²) in [7, 11) is 0. The maximum absolute atomic E-state index is 8.63. The standard InChI is InChI=1S/C6H6O.2Li.2H/c7-6-4-2-1-3-5-6;;;;/h1-5,7H;;;;. The molecule has 1 N–H and O–H groups in total. The van der Waals surface area contributed by atoms with Crippen LogP contribution in [-0.2, 0) is 0 Å². The first kappa shape index (κ1) is 11.9. The minimum atomic E-state index is 0. The van der Waals surface area contributed by atoms with Gasteiger partial charge < -0.3 is 5.11 Å². The second-order valence-electron chi connectivity index (χ2n) is 1.34. The van der Waals surface area contributed by atoms with Crippen molar-refractivity contribution >= 4 is 37.7 Å². The Morgan fingerprint density at radius 1 is 0.889 bits per heavy atom. The molecule has 0 fully saturated rings. The molecule has 0 radical (unpaired) electrons. The van der Waals surface area contributed by atoms with E-state index >= 15 is 0 Å². The number of rotatable bonds is 0. The van der Waals surface area contributed by atoms with Gasteiger partial charge in [-0.05, 0) is 12.1 Å². The van der Waals surface area contributed by atoms with Crippen molar-refractivity contribution in [3.8, 4) is 5.75 Å². The fraction of sp³-hybridized carbons (Fsp3) is 0. The van der Waals surface area contributed by atoms with Crippen LogP contribution in [0, 0.1) is 0 Å². The van der Waals surface area contributed by atoms with Crippen LogP contribution in [0.15, 0.2) is 30.3 Å². The van der Waals surface area contributed by atoms with Crippen LogP contribution in [-0.4, -0.2) is 42.8 Å². The Balaban J connectivity index is 0. The number of hydrogen-bond acceptors (Lipinski definition) is 1. The van der Waals surface area contributed by atoms with E-state index in [0.717, 1.165) is 0 Å². The van der Waals surface area contributed by atoms with Gasteiger partial charge in [0.25, 0.3) is 0 Å². The average Bonchev–Trinajstić information content (AvgIpc) is 1.69. The summed E-state index contributed by atoms with van der Waals surface area (Å²) >= 11 is 0. The van der Waals surface area contributed by atoms with Crippen molar-refractivity contribution in [2.45, 2.75) is 0 Å². The van der Waals surface area contributed by atoms with Crippen LogP contribution in [0.1, 0.15) is 0 Å². The third kappa shape index (κ3) is 4.70. The number of phenolic OH excluding ortho intramolecular Hbond substituents is 1. The summed E-state index contributed by atoms with van der Waals surface area (Å²) in [6.07, 6.45) is 0. The molecule has 0 amide bonds. The Morgan fingerprint density at radius 3 is 1.56 bits per heavy atom. The zero-order chi connectivity index (χ0) is 5.11. The molecule has 0 aliphatic carbocycles. The fourth-order valence-electron chi connectivity index (χ4n) is 0.428. The molecule has 9 heavy (non-hydrogen) atoms. The van der Waals surface area contributed by atoms with E-state index < -0.39 is 0 Å². The molecule has 1 nitrogen and oxygen atoms in total. The van der Waals surface area contributed by atoms with Crippen molar-refractivity contribution in [1.29, 1.82) is 0 Å². The Bertz CT molecular complexity index is 141. The summed E-state index contributed by atoms with van der Waals surface area (Å²) < 4.78 is 0. The molecule has 0 saturated carbocycles. The normalized spacial score (nSPS) is 6.67. The van der Waals surface area contributed by atoms with Crippen LogP contribution in [0.3, 0.4) is 0 Å². The molecular weight excluding hydrogens is 102 g/mol. The molecule has 0 aromatic heterocycles. The fourth-order valence-corrected chi connectivity index (χ4v) is 0.428. The molecule has 0 heterocycles. The zero-order valence-electron chi connectivity index (χ0n) is 3.83. The number of hydrogen-bond donors (Lipinski definition) is 1. The van der Waals surface area contributed by atoms with Gasteiger partial charge in [0.2, 0.25) is 0 Å². The van der Waals surface area contributed by atoms with E-state index in [2.05, 4.69) is 0 Å². The summed E-state index contributed by atoms with van der Waals surface area (Å²) in [5.74, 6) is 0.322. The van der Waals surface area contributed by atoms with E-state index in [0.29, 0.717) is 5.75 Å². The molecule has 1 rings (SSSR count). The summed E-state index contributed by atoms with van der Waals surface area (Å²) in [4.78, 5) is 0. The van der Waals surface area contributed by atoms with E-state index in [-0.39, 0.29) is 37.7 Å². The van der Waals surface area contributed by atoms with Crippen molar-refractivity contribution in [2.75, 3.05) is 0 Å². The number of benzene rings is 1. The predicted molar refractivity (Wildman–Crippen MR) is 42.4 cm³/mol. The maximum atomic E-state index is 8.63. The molecule has 0 bridgehead atoms. The second kappa shape index (κ2) is 6.34. The van der Waals surface area contributed by atoms with Gasteiger partial charge in [0.15, 0.2) is 0 Å². The summed E-state index contributed by atoms with van der Waals surface area (Å²) in [5, 5.41) is 8.63. The first-order valence-corrected chi connectivity index (χ1v) is 2.13. The van der Waals surface area contributed by atoms with Gasteiger partial charge in [-0.15, -0.1) is 0 Å². The van der Waals surface area contributed by atoms with Gasteiger partial charge in [0.1, 0.15) is 5.75 Å². The molecule has 1 aromatic rings. The van der Waals surface area contributed by atoms with E-state index in [1.54, 1.807) is 24.3 Å². The predicted octanol–water partition coefficient (Wildman–Crippen LogP) is 0.0952. The van der Waals surface area contributed by atoms with Crippen molar-refractivity contribution in [3.05, 3.63) is 30.3 Å². The first-order valence-electron chi connectivity index (χ1n) is 2.13. The molecular formula is C6H8Li2O. The first-order chi connectivity index (χ1) is 3.39. The van der Waals surface area contributed by atoms with Gasteiger partial charge in [0, 0.05) is 0 Å². The van der Waals surface area contributed by atoms with Crippen molar-refractivity contribution < 1.29 is 5.11 Å². The van der Waals surface area contributed by atoms with Crippen LogP contribution < -0.4 is 0 Å². The molecule has 3 heteroatoms.